The summed E-state index contributed by atoms with van der Waals surface area (Å²) >= 11 is 0. The number of anilines is 1. The molecule has 1 unspecified atom stereocenters. The van der Waals surface area contributed by atoms with E-state index in [0.717, 1.165) is 30.1 Å². The van der Waals surface area contributed by atoms with Gasteiger partial charge in [-0.3, -0.25) is 0 Å². The molecule has 1 aromatic heterocycles. The molecule has 4 rings (SSSR count). The van der Waals surface area contributed by atoms with E-state index in [0.29, 0.717) is 10.3 Å². The van der Waals surface area contributed by atoms with E-state index in [4.69, 9.17) is 4.74 Å². The van der Waals surface area contributed by atoms with Gasteiger partial charge in [0.1, 0.15) is 11.3 Å². The molecule has 183 valence electrons. The molecule has 1 radical (unpaired) electrons. The van der Waals surface area contributed by atoms with Gasteiger partial charge in [-0.1, -0.05) is 36.4 Å². The van der Waals surface area contributed by atoms with Crippen molar-refractivity contribution in [2.24, 2.45) is 10.2 Å². The average molecular weight is 515 g/mol. The number of nitrogens with zero attached hydrogens (tertiary/aromatic N) is 4. The maximum Gasteiger partial charge on any atom is 0.244 e. The molecule has 1 N–H and O–H groups in total. The van der Waals surface area contributed by atoms with Crippen LogP contribution in [0.25, 0.3) is 0 Å². The number of aromatic nitrogens is 1. The minimum atomic E-state index is -0.321. The van der Waals surface area contributed by atoms with Gasteiger partial charge in [-0.05, 0) is 49.6 Å². The molecule has 0 amide bonds. The van der Waals surface area contributed by atoms with Crippen molar-refractivity contribution in [3.8, 4) is 5.75 Å². The Morgan fingerprint density at radius 2 is 1.94 bits per heavy atom. The van der Waals surface area contributed by atoms with Gasteiger partial charge in [0.25, 0.3) is 0 Å². The van der Waals surface area contributed by atoms with Gasteiger partial charge in [-0.25, -0.2) is 0 Å². The Labute approximate surface area is 215 Å². The SMILES string of the molecule is CCN1\C(=C/C=N/N=C(\O)c2ccc[n+]([O-])c2)C(C)(Cc2ccccc2)c2ccc(OC)cc21.[Co]. The molecular formula is C27H28CoN4O3. The largest absolute Gasteiger partial charge is 0.619 e. The molecule has 0 spiro atoms. The minimum absolute atomic E-state index is 0. The summed E-state index contributed by atoms with van der Waals surface area (Å²) in [7, 11) is 1.67. The summed E-state index contributed by atoms with van der Waals surface area (Å²) in [4.78, 5) is 2.26. The Bertz CT molecular complexity index is 1260. The number of aliphatic hydroxyl groups excluding tert-OH is 1. The van der Waals surface area contributed by atoms with E-state index in [9.17, 15) is 10.3 Å². The zero-order valence-corrected chi connectivity index (χ0v) is 20.9. The standard InChI is InChI=1S/C27H28N4O3.Co/c1-4-31-24-17-22(34-3)12-13-23(24)27(2,18-20-9-6-5-7-10-20)25(31)14-15-28-29-26(32)21-11-8-16-30(33)19-21;/h5-17,19H,4,18H2,1-3H3,(H,29,32);/b25-14-,28-15+;. The zero-order valence-electron chi connectivity index (χ0n) is 19.9. The molecule has 2 heterocycles. The number of rotatable bonds is 7. The zero-order chi connectivity index (χ0) is 24.1. The summed E-state index contributed by atoms with van der Waals surface area (Å²) in [6, 6.07) is 19.7. The second-order valence-electron chi connectivity index (χ2n) is 8.31. The van der Waals surface area contributed by atoms with Gasteiger partial charge >= 0.3 is 0 Å². The summed E-state index contributed by atoms with van der Waals surface area (Å²) < 4.78 is 6.09. The monoisotopic (exact) mass is 515 g/mol. The van der Waals surface area contributed by atoms with Crippen LogP contribution in [0.1, 0.15) is 30.5 Å². The summed E-state index contributed by atoms with van der Waals surface area (Å²) in [6.07, 6.45) is 6.91. The molecular weight excluding hydrogens is 487 g/mol. The smallest absolute Gasteiger partial charge is 0.244 e. The summed E-state index contributed by atoms with van der Waals surface area (Å²) in [5.74, 6) is 0.487. The van der Waals surface area contributed by atoms with E-state index < -0.39 is 0 Å². The first kappa shape index (κ1) is 26.0. The van der Waals surface area contributed by atoms with Crippen LogP contribution >= 0.6 is 0 Å². The van der Waals surface area contributed by atoms with Crippen LogP contribution in [0.5, 0.6) is 5.75 Å². The number of ether oxygens (including phenoxy) is 1. The first-order chi connectivity index (χ1) is 16.5. The van der Waals surface area contributed by atoms with E-state index in [2.05, 4.69) is 65.3 Å². The van der Waals surface area contributed by atoms with Crippen LogP contribution in [0.3, 0.4) is 0 Å². The molecule has 0 saturated carbocycles. The number of benzene rings is 2. The Morgan fingerprint density at radius 1 is 1.17 bits per heavy atom. The number of allylic oxidation sites excluding steroid dienone is 2. The quantitative estimate of drug-likeness (QED) is 0.165. The van der Waals surface area contributed by atoms with Crippen molar-refractivity contribution in [1.82, 2.24) is 0 Å². The number of fused-ring (bicyclic) bond motifs is 1. The molecule has 0 bridgehead atoms. The van der Waals surface area contributed by atoms with Crippen molar-refractivity contribution in [3.63, 3.8) is 0 Å². The molecule has 7 nitrogen and oxygen atoms in total. The molecule has 1 aliphatic rings. The third-order valence-electron chi connectivity index (χ3n) is 6.15. The van der Waals surface area contributed by atoms with Crippen molar-refractivity contribution in [2.75, 3.05) is 18.6 Å². The number of pyridine rings is 1. The number of methoxy groups -OCH3 is 1. The van der Waals surface area contributed by atoms with Crippen LogP contribution < -0.4 is 14.4 Å². The van der Waals surface area contributed by atoms with Gasteiger partial charge in [0.15, 0.2) is 12.4 Å². The van der Waals surface area contributed by atoms with Crippen molar-refractivity contribution in [3.05, 3.63) is 107 Å². The predicted molar refractivity (Wildman–Crippen MR) is 135 cm³/mol. The van der Waals surface area contributed by atoms with Crippen LogP contribution in [-0.2, 0) is 28.6 Å². The van der Waals surface area contributed by atoms with Gasteiger partial charge in [0.2, 0.25) is 5.90 Å². The molecule has 1 aliphatic heterocycles. The topological polar surface area (TPSA) is 84.4 Å². The van der Waals surface area contributed by atoms with E-state index in [1.807, 2.05) is 18.2 Å². The minimum Gasteiger partial charge on any atom is -0.619 e. The van der Waals surface area contributed by atoms with E-state index in [1.54, 1.807) is 19.4 Å². The van der Waals surface area contributed by atoms with Gasteiger partial charge in [0, 0.05) is 52.3 Å². The Balaban J connectivity index is 0.00000342. The summed E-state index contributed by atoms with van der Waals surface area (Å²) in [6.45, 7) is 5.12. The van der Waals surface area contributed by atoms with Gasteiger partial charge < -0.3 is 20.0 Å². The Hall–Kier alpha value is -3.62. The first-order valence-corrected chi connectivity index (χ1v) is 11.2. The first-order valence-electron chi connectivity index (χ1n) is 11.2. The normalized spacial score (nSPS) is 18.5. The number of hydrogen-bond acceptors (Lipinski definition) is 5. The second-order valence-corrected chi connectivity index (χ2v) is 8.31. The molecule has 1 atom stereocenters. The average Bonchev–Trinajstić information content (AvgIpc) is 3.08. The van der Waals surface area contributed by atoms with Crippen molar-refractivity contribution >= 4 is 17.8 Å². The van der Waals surface area contributed by atoms with Crippen LogP contribution in [0.4, 0.5) is 5.69 Å². The van der Waals surface area contributed by atoms with Gasteiger partial charge in [-0.15, -0.1) is 5.10 Å². The van der Waals surface area contributed by atoms with Gasteiger partial charge in [-0.2, -0.15) is 9.83 Å². The van der Waals surface area contributed by atoms with Crippen LogP contribution in [-0.4, -0.2) is 30.9 Å². The van der Waals surface area contributed by atoms with Crippen LogP contribution in [0.15, 0.2) is 95.0 Å². The fraction of sp³-hybridized carbons (Fsp3) is 0.222. The van der Waals surface area contributed by atoms with Crippen molar-refractivity contribution in [2.45, 2.75) is 25.7 Å². The molecule has 35 heavy (non-hydrogen) atoms. The van der Waals surface area contributed by atoms with Gasteiger partial charge in [0.05, 0.1) is 13.3 Å². The second kappa shape index (κ2) is 11.2. The molecule has 3 aromatic rings. The number of likely N-dealkylation sites (N-methyl/N-ethyl adjacent to an activating group) is 1. The van der Waals surface area contributed by atoms with Crippen molar-refractivity contribution in [1.29, 1.82) is 0 Å². The molecule has 8 heteroatoms. The molecule has 0 aliphatic carbocycles. The van der Waals surface area contributed by atoms with E-state index in [-0.39, 0.29) is 28.1 Å². The Kier molecular flexibility index (Phi) is 8.32. The third kappa shape index (κ3) is 5.39. The fourth-order valence-corrected chi connectivity index (χ4v) is 4.54. The van der Waals surface area contributed by atoms with Crippen molar-refractivity contribution < 1.29 is 31.4 Å². The predicted octanol–water partition coefficient (Wildman–Crippen LogP) is 4.54. The maximum absolute atomic E-state index is 11.4. The summed E-state index contributed by atoms with van der Waals surface area (Å²) in [5.41, 5.74) is 4.64. The Morgan fingerprint density at radius 3 is 2.63 bits per heavy atom. The number of hydrogen-bond donors (Lipinski definition) is 1. The van der Waals surface area contributed by atoms with E-state index in [1.165, 1.54) is 29.6 Å². The maximum atomic E-state index is 11.4. The fourth-order valence-electron chi connectivity index (χ4n) is 4.54. The van der Waals surface area contributed by atoms with E-state index >= 15 is 0 Å². The van der Waals surface area contributed by atoms with Crippen LogP contribution in [0.2, 0.25) is 0 Å². The molecule has 0 fully saturated rings. The number of aliphatic hydroxyl groups is 1. The summed E-state index contributed by atoms with van der Waals surface area (Å²) in [5, 5.41) is 29.5. The van der Waals surface area contributed by atoms with Crippen LogP contribution in [0, 0.1) is 5.21 Å². The molecule has 0 saturated heterocycles. The third-order valence-corrected chi connectivity index (χ3v) is 6.15. The molecule has 2 aromatic carbocycles.